The SMILES string of the molecule is CC[C@@H](OC(C)=O)[C@@H]1O[C@@H](OC/C=C/CCCCCCCCCN=[N+]=[N-])[C@@H](OC(C)=O)C1C. The van der Waals surface area contributed by atoms with Crippen molar-refractivity contribution in [3.05, 3.63) is 22.6 Å². The summed E-state index contributed by atoms with van der Waals surface area (Å²) < 4.78 is 22.7. The van der Waals surface area contributed by atoms with Crippen LogP contribution in [0.5, 0.6) is 0 Å². The molecule has 9 heteroatoms. The van der Waals surface area contributed by atoms with E-state index in [-0.39, 0.29) is 11.9 Å². The summed E-state index contributed by atoms with van der Waals surface area (Å²) in [6, 6.07) is 0. The first kappa shape index (κ1) is 28.9. The lowest BCUT2D eigenvalue weighted by atomic mass is 9.95. The molecule has 5 atom stereocenters. The van der Waals surface area contributed by atoms with Gasteiger partial charge >= 0.3 is 11.9 Å². The van der Waals surface area contributed by atoms with Crippen molar-refractivity contribution < 1.29 is 28.5 Å². The van der Waals surface area contributed by atoms with Gasteiger partial charge in [0, 0.05) is 31.2 Å². The van der Waals surface area contributed by atoms with Gasteiger partial charge in [-0.1, -0.05) is 63.2 Å². The molecule has 0 N–H and O–H groups in total. The highest BCUT2D eigenvalue weighted by atomic mass is 16.7. The van der Waals surface area contributed by atoms with Gasteiger partial charge < -0.3 is 18.9 Å². The van der Waals surface area contributed by atoms with E-state index in [0.29, 0.717) is 19.6 Å². The summed E-state index contributed by atoms with van der Waals surface area (Å²) in [5, 5.41) is 3.54. The number of ether oxygens (including phenoxy) is 4. The lowest BCUT2D eigenvalue weighted by Crippen LogP contribution is -2.36. The van der Waals surface area contributed by atoms with Crippen LogP contribution in [-0.2, 0) is 28.5 Å². The fourth-order valence-electron chi connectivity index (χ4n) is 4.01. The lowest BCUT2D eigenvalue weighted by molar-refractivity contribution is -0.192. The van der Waals surface area contributed by atoms with E-state index < -0.39 is 30.6 Å². The first-order valence-corrected chi connectivity index (χ1v) is 12.2. The topological polar surface area (TPSA) is 120 Å². The van der Waals surface area contributed by atoms with Crippen LogP contribution in [0.4, 0.5) is 0 Å². The third kappa shape index (κ3) is 12.1. The molecule has 0 aliphatic carbocycles. The van der Waals surface area contributed by atoms with E-state index in [1.165, 1.54) is 39.5 Å². The van der Waals surface area contributed by atoms with Crippen LogP contribution >= 0.6 is 0 Å². The molecule has 0 saturated carbocycles. The van der Waals surface area contributed by atoms with E-state index in [1.807, 2.05) is 19.9 Å². The predicted octanol–water partition coefficient (Wildman–Crippen LogP) is 5.62. The van der Waals surface area contributed by atoms with E-state index >= 15 is 0 Å². The Morgan fingerprint density at radius 3 is 2.33 bits per heavy atom. The second kappa shape index (κ2) is 17.4. The van der Waals surface area contributed by atoms with Gasteiger partial charge in [0.15, 0.2) is 12.4 Å². The van der Waals surface area contributed by atoms with Crippen molar-refractivity contribution in [2.75, 3.05) is 13.2 Å². The highest BCUT2D eigenvalue weighted by Crippen LogP contribution is 2.34. The third-order valence-electron chi connectivity index (χ3n) is 5.70. The van der Waals surface area contributed by atoms with Gasteiger partial charge in [-0.05, 0) is 31.2 Å². The number of esters is 2. The van der Waals surface area contributed by atoms with Gasteiger partial charge in [0.05, 0.1) is 6.61 Å². The largest absolute Gasteiger partial charge is 0.460 e. The molecule has 9 nitrogen and oxygen atoms in total. The molecule has 0 spiro atoms. The van der Waals surface area contributed by atoms with Crippen LogP contribution in [0.1, 0.15) is 85.5 Å². The Hall–Kier alpha value is -2.09. The molecule has 0 aromatic carbocycles. The van der Waals surface area contributed by atoms with Crippen molar-refractivity contribution in [3.8, 4) is 0 Å². The Labute approximate surface area is 197 Å². The fraction of sp³-hybridized carbons (Fsp3) is 0.833. The molecule has 188 valence electrons. The quantitative estimate of drug-likeness (QED) is 0.0683. The van der Waals surface area contributed by atoms with Gasteiger partial charge in [0.2, 0.25) is 0 Å². The third-order valence-corrected chi connectivity index (χ3v) is 5.70. The Balaban J connectivity index is 2.31. The molecule has 0 bridgehead atoms. The zero-order valence-electron chi connectivity index (χ0n) is 20.6. The van der Waals surface area contributed by atoms with Gasteiger partial charge in [-0.2, -0.15) is 0 Å². The number of unbranched alkanes of at least 4 members (excludes halogenated alkanes) is 7. The number of allylic oxidation sites excluding steroid dienone is 1. The molecule has 0 aromatic heterocycles. The molecular formula is C24H41N3O6. The number of azide groups is 1. The minimum absolute atomic E-state index is 0.161. The number of carbonyl (C=O) groups excluding carboxylic acids is 2. The summed E-state index contributed by atoms with van der Waals surface area (Å²) in [5.74, 6) is -0.915. The molecule has 1 fully saturated rings. The molecular weight excluding hydrogens is 426 g/mol. The van der Waals surface area contributed by atoms with Crippen molar-refractivity contribution >= 4 is 11.9 Å². The van der Waals surface area contributed by atoms with E-state index in [4.69, 9.17) is 24.5 Å². The maximum Gasteiger partial charge on any atom is 0.303 e. The van der Waals surface area contributed by atoms with Gasteiger partial charge in [-0.25, -0.2) is 0 Å². The summed E-state index contributed by atoms with van der Waals surface area (Å²) in [5.41, 5.74) is 8.22. The van der Waals surface area contributed by atoms with Crippen molar-refractivity contribution in [2.45, 2.75) is 110 Å². The van der Waals surface area contributed by atoms with E-state index in [2.05, 4.69) is 16.1 Å². The molecule has 1 aliphatic rings. The molecule has 33 heavy (non-hydrogen) atoms. The molecule has 1 rings (SSSR count). The van der Waals surface area contributed by atoms with Gasteiger partial charge in [-0.3, -0.25) is 9.59 Å². The molecule has 0 radical (unpaired) electrons. The maximum absolute atomic E-state index is 11.6. The van der Waals surface area contributed by atoms with Crippen LogP contribution < -0.4 is 0 Å². The normalized spacial score (nSPS) is 23.3. The van der Waals surface area contributed by atoms with E-state index in [1.54, 1.807) is 0 Å². The first-order chi connectivity index (χ1) is 15.9. The standard InChI is InChI=1S/C24H41N3O6/c1-5-21(31-19(3)28)22-18(2)23(32-20(4)29)24(33-22)30-17-15-13-11-9-7-6-8-10-12-14-16-26-27-25/h13,15,18,21-24H,5-12,14,16-17H2,1-4H3/b15-13+/t18?,21-,22-,23+,24-/m1/s1. The van der Waals surface area contributed by atoms with Crippen molar-refractivity contribution in [1.82, 2.24) is 0 Å². The minimum Gasteiger partial charge on any atom is -0.460 e. The predicted molar refractivity (Wildman–Crippen MR) is 125 cm³/mol. The Bertz CT molecular complexity index is 650. The molecule has 0 amide bonds. The Kier molecular flexibility index (Phi) is 15.3. The number of carbonyl (C=O) groups is 2. The Morgan fingerprint density at radius 2 is 1.73 bits per heavy atom. The monoisotopic (exact) mass is 467 g/mol. The van der Waals surface area contributed by atoms with Crippen molar-refractivity contribution in [1.29, 1.82) is 0 Å². The van der Waals surface area contributed by atoms with Crippen molar-refractivity contribution in [3.63, 3.8) is 0 Å². The number of nitrogens with zero attached hydrogens (tertiary/aromatic N) is 3. The molecule has 1 saturated heterocycles. The summed E-state index contributed by atoms with van der Waals surface area (Å²) >= 11 is 0. The van der Waals surface area contributed by atoms with E-state index in [9.17, 15) is 9.59 Å². The number of rotatable bonds is 17. The summed E-state index contributed by atoms with van der Waals surface area (Å²) in [7, 11) is 0. The highest BCUT2D eigenvalue weighted by Gasteiger charge is 2.48. The second-order valence-corrected chi connectivity index (χ2v) is 8.48. The number of hydrogen-bond acceptors (Lipinski definition) is 7. The fourth-order valence-corrected chi connectivity index (χ4v) is 4.01. The first-order valence-electron chi connectivity index (χ1n) is 12.2. The average molecular weight is 468 g/mol. The van der Waals surface area contributed by atoms with Gasteiger partial charge in [0.25, 0.3) is 0 Å². The van der Waals surface area contributed by atoms with Crippen LogP contribution in [0, 0.1) is 5.92 Å². The van der Waals surface area contributed by atoms with E-state index in [0.717, 1.165) is 25.7 Å². The van der Waals surface area contributed by atoms with Crippen molar-refractivity contribution in [2.24, 2.45) is 11.0 Å². The zero-order chi connectivity index (χ0) is 24.5. The van der Waals surface area contributed by atoms with Crippen LogP contribution in [0.15, 0.2) is 17.3 Å². The van der Waals surface area contributed by atoms with Gasteiger partial charge in [-0.15, -0.1) is 0 Å². The summed E-state index contributed by atoms with van der Waals surface area (Å²) in [6.07, 6.45) is 11.6. The van der Waals surface area contributed by atoms with Crippen LogP contribution in [0.3, 0.4) is 0 Å². The molecule has 0 aromatic rings. The summed E-state index contributed by atoms with van der Waals surface area (Å²) in [6.45, 7) is 7.54. The molecule has 1 heterocycles. The van der Waals surface area contributed by atoms with Gasteiger partial charge in [0.1, 0.15) is 12.2 Å². The minimum atomic E-state index is -0.693. The second-order valence-electron chi connectivity index (χ2n) is 8.48. The zero-order valence-corrected chi connectivity index (χ0v) is 20.6. The summed E-state index contributed by atoms with van der Waals surface area (Å²) in [4.78, 5) is 25.7. The van der Waals surface area contributed by atoms with Crippen LogP contribution in [0.2, 0.25) is 0 Å². The Morgan fingerprint density at radius 1 is 1.06 bits per heavy atom. The number of hydrogen-bond donors (Lipinski definition) is 0. The van der Waals surface area contributed by atoms with Crippen LogP contribution in [-0.4, -0.2) is 49.7 Å². The smallest absolute Gasteiger partial charge is 0.303 e. The van der Waals surface area contributed by atoms with Crippen LogP contribution in [0.25, 0.3) is 10.4 Å². The maximum atomic E-state index is 11.6. The highest BCUT2D eigenvalue weighted by molar-refractivity contribution is 5.66. The molecule has 1 aliphatic heterocycles. The molecule has 1 unspecified atom stereocenters. The average Bonchev–Trinajstić information content (AvgIpc) is 3.07. The lowest BCUT2D eigenvalue weighted by Gasteiger charge is -2.25.